The summed E-state index contributed by atoms with van der Waals surface area (Å²) in [4.78, 5) is 68.3. The molecular weight excluding hydrogens is 567 g/mol. The van der Waals surface area contributed by atoms with Crippen LogP contribution in [0.2, 0.25) is 0 Å². The highest BCUT2D eigenvalue weighted by molar-refractivity contribution is 14.1. The number of benzene rings is 1. The SMILES string of the molecule is O=CO[C@@H](CNC(=O)N[C@@H](CCC(=O)O)C(=O)O)NC(=O)CCCNC(=O)c1ccc(I)cc1. The minimum atomic E-state index is -1.44. The maximum atomic E-state index is 12.1. The van der Waals surface area contributed by atoms with Gasteiger partial charge in [-0.3, -0.25) is 19.2 Å². The molecule has 0 aliphatic carbocycles. The smallest absolute Gasteiger partial charge is 0.326 e. The van der Waals surface area contributed by atoms with Crippen LogP contribution < -0.4 is 21.3 Å². The van der Waals surface area contributed by atoms with Gasteiger partial charge in [0.15, 0.2) is 6.23 Å². The van der Waals surface area contributed by atoms with Gasteiger partial charge in [0, 0.05) is 28.5 Å². The number of rotatable bonds is 15. The number of carboxylic acid groups (broad SMARTS) is 2. The molecule has 186 valence electrons. The molecular formula is C20H25IN4O9. The molecule has 0 spiro atoms. The predicted octanol–water partition coefficient (Wildman–Crippen LogP) is 0.0337. The Morgan fingerprint density at radius 1 is 1.00 bits per heavy atom. The van der Waals surface area contributed by atoms with E-state index < -0.39 is 42.6 Å². The molecule has 0 heterocycles. The van der Waals surface area contributed by atoms with Crippen molar-refractivity contribution < 1.29 is 43.7 Å². The Bertz CT molecular complexity index is 879. The number of carbonyl (C=O) groups excluding carboxylic acids is 4. The predicted molar refractivity (Wildman–Crippen MR) is 125 cm³/mol. The molecule has 6 N–H and O–H groups in total. The van der Waals surface area contributed by atoms with E-state index in [0.29, 0.717) is 12.0 Å². The van der Waals surface area contributed by atoms with Crippen molar-refractivity contribution in [3.63, 3.8) is 0 Å². The Labute approximate surface area is 208 Å². The van der Waals surface area contributed by atoms with E-state index in [4.69, 9.17) is 10.2 Å². The van der Waals surface area contributed by atoms with Gasteiger partial charge in [-0.1, -0.05) is 0 Å². The molecule has 0 radical (unpaired) electrons. The van der Waals surface area contributed by atoms with Gasteiger partial charge in [-0.2, -0.15) is 0 Å². The summed E-state index contributed by atoms with van der Waals surface area (Å²) in [5.74, 6) is -3.43. The van der Waals surface area contributed by atoms with E-state index in [1.807, 2.05) is 0 Å². The molecule has 2 atom stereocenters. The van der Waals surface area contributed by atoms with Gasteiger partial charge >= 0.3 is 18.0 Å². The summed E-state index contributed by atoms with van der Waals surface area (Å²) >= 11 is 2.12. The first-order valence-corrected chi connectivity index (χ1v) is 11.1. The highest BCUT2D eigenvalue weighted by Crippen LogP contribution is 2.06. The van der Waals surface area contributed by atoms with Crippen LogP contribution in [-0.2, 0) is 23.9 Å². The number of ether oxygens (including phenoxy) is 1. The molecule has 0 bridgehead atoms. The highest BCUT2D eigenvalue weighted by atomic mass is 127. The number of hydrogen-bond donors (Lipinski definition) is 6. The summed E-state index contributed by atoms with van der Waals surface area (Å²) < 4.78 is 5.68. The lowest BCUT2D eigenvalue weighted by atomic mass is 10.1. The van der Waals surface area contributed by atoms with Gasteiger partial charge in [0.05, 0.1) is 6.54 Å². The van der Waals surface area contributed by atoms with Gasteiger partial charge < -0.3 is 36.2 Å². The Morgan fingerprint density at radius 2 is 1.68 bits per heavy atom. The van der Waals surface area contributed by atoms with Gasteiger partial charge in [0.1, 0.15) is 6.04 Å². The Morgan fingerprint density at radius 3 is 2.26 bits per heavy atom. The number of nitrogens with one attached hydrogen (secondary N) is 4. The molecule has 1 rings (SSSR count). The van der Waals surface area contributed by atoms with Gasteiger partial charge in [-0.05, 0) is 59.7 Å². The van der Waals surface area contributed by atoms with E-state index in [1.165, 1.54) is 0 Å². The summed E-state index contributed by atoms with van der Waals surface area (Å²) in [5.41, 5.74) is 0.488. The third-order valence-corrected chi connectivity index (χ3v) is 4.93. The lowest BCUT2D eigenvalue weighted by molar-refractivity contribution is -0.141. The molecule has 0 saturated heterocycles. The van der Waals surface area contributed by atoms with Crippen molar-refractivity contribution in [1.29, 1.82) is 0 Å². The summed E-state index contributed by atoms with van der Waals surface area (Å²) in [6.07, 6.45) is -1.72. The number of halogens is 1. The average molecular weight is 592 g/mol. The van der Waals surface area contributed by atoms with E-state index >= 15 is 0 Å². The number of carbonyl (C=O) groups is 6. The largest absolute Gasteiger partial charge is 0.481 e. The second kappa shape index (κ2) is 15.4. The Kier molecular flexibility index (Phi) is 13.0. The number of hydrogen-bond acceptors (Lipinski definition) is 7. The monoisotopic (exact) mass is 592 g/mol. The van der Waals surface area contributed by atoms with Crippen LogP contribution in [0.25, 0.3) is 0 Å². The molecule has 0 saturated carbocycles. The van der Waals surface area contributed by atoms with E-state index in [0.717, 1.165) is 3.57 Å². The second-order valence-electron chi connectivity index (χ2n) is 6.83. The van der Waals surface area contributed by atoms with Crippen LogP contribution in [0.4, 0.5) is 4.79 Å². The zero-order valence-corrected chi connectivity index (χ0v) is 20.1. The van der Waals surface area contributed by atoms with Crippen molar-refractivity contribution in [2.45, 2.75) is 38.0 Å². The van der Waals surface area contributed by atoms with Gasteiger partial charge in [0.25, 0.3) is 12.4 Å². The number of carboxylic acids is 2. The van der Waals surface area contributed by atoms with Crippen molar-refractivity contribution in [2.75, 3.05) is 13.1 Å². The van der Waals surface area contributed by atoms with E-state index in [2.05, 4.69) is 48.6 Å². The number of aliphatic carboxylic acids is 2. The third-order valence-electron chi connectivity index (χ3n) is 4.21. The third kappa shape index (κ3) is 12.0. The fourth-order valence-electron chi connectivity index (χ4n) is 2.53. The maximum absolute atomic E-state index is 12.1. The lowest BCUT2D eigenvalue weighted by Gasteiger charge is -2.19. The first-order chi connectivity index (χ1) is 16.1. The normalized spacial score (nSPS) is 11.9. The summed E-state index contributed by atoms with van der Waals surface area (Å²) in [6, 6.07) is 4.55. The first-order valence-electron chi connectivity index (χ1n) is 10.0. The lowest BCUT2D eigenvalue weighted by Crippen LogP contribution is -2.51. The van der Waals surface area contributed by atoms with Crippen LogP contribution in [-0.4, -0.2) is 71.8 Å². The first kappa shape index (κ1) is 28.6. The molecule has 14 heteroatoms. The van der Waals surface area contributed by atoms with E-state index in [1.54, 1.807) is 24.3 Å². The fraction of sp³-hybridized carbons (Fsp3) is 0.400. The van der Waals surface area contributed by atoms with Crippen molar-refractivity contribution in [3.8, 4) is 0 Å². The average Bonchev–Trinajstić information content (AvgIpc) is 2.78. The van der Waals surface area contributed by atoms with Crippen molar-refractivity contribution in [2.24, 2.45) is 0 Å². The topological polar surface area (TPSA) is 200 Å². The molecule has 1 aromatic rings. The molecule has 34 heavy (non-hydrogen) atoms. The minimum Gasteiger partial charge on any atom is -0.481 e. The van der Waals surface area contributed by atoms with Crippen LogP contribution in [0, 0.1) is 3.57 Å². The van der Waals surface area contributed by atoms with Crippen LogP contribution in [0.5, 0.6) is 0 Å². The highest BCUT2D eigenvalue weighted by Gasteiger charge is 2.22. The van der Waals surface area contributed by atoms with E-state index in [9.17, 15) is 28.8 Å². The number of amides is 4. The summed E-state index contributed by atoms with van der Waals surface area (Å²) in [7, 11) is 0. The minimum absolute atomic E-state index is 0.00580. The van der Waals surface area contributed by atoms with Crippen molar-refractivity contribution in [1.82, 2.24) is 21.3 Å². The van der Waals surface area contributed by atoms with Crippen LogP contribution in [0.15, 0.2) is 24.3 Å². The van der Waals surface area contributed by atoms with Gasteiger partial charge in [0.2, 0.25) is 5.91 Å². The zero-order valence-electron chi connectivity index (χ0n) is 17.9. The molecule has 13 nitrogen and oxygen atoms in total. The second-order valence-corrected chi connectivity index (χ2v) is 8.08. The van der Waals surface area contributed by atoms with Crippen LogP contribution >= 0.6 is 22.6 Å². The number of urea groups is 1. The molecule has 0 unspecified atom stereocenters. The molecule has 0 aromatic heterocycles. The van der Waals surface area contributed by atoms with Crippen LogP contribution in [0.3, 0.4) is 0 Å². The molecule has 4 amide bonds. The Balaban J connectivity index is 2.38. The van der Waals surface area contributed by atoms with Crippen molar-refractivity contribution >= 4 is 58.8 Å². The van der Waals surface area contributed by atoms with Crippen LogP contribution in [0.1, 0.15) is 36.0 Å². The summed E-state index contributed by atoms with van der Waals surface area (Å²) in [6.45, 7) is -0.0746. The molecule has 0 fully saturated rings. The maximum Gasteiger partial charge on any atom is 0.326 e. The van der Waals surface area contributed by atoms with Crippen molar-refractivity contribution in [3.05, 3.63) is 33.4 Å². The molecule has 0 aliphatic heterocycles. The van der Waals surface area contributed by atoms with E-state index in [-0.39, 0.29) is 38.3 Å². The summed E-state index contributed by atoms with van der Waals surface area (Å²) in [5, 5.41) is 27.0. The van der Waals surface area contributed by atoms with Gasteiger partial charge in [-0.25, -0.2) is 9.59 Å². The molecule has 1 aromatic carbocycles. The zero-order chi connectivity index (χ0) is 25.5. The quantitative estimate of drug-likeness (QED) is 0.0704. The fourth-order valence-corrected chi connectivity index (χ4v) is 2.89. The molecule has 0 aliphatic rings. The Hall–Kier alpha value is -3.43. The standard InChI is InChI=1S/C20H25IN4O9/c21-13-5-3-12(4-6-13)18(30)22-9-1-2-15(27)25-16(34-11-26)10-23-20(33)24-14(19(31)32)7-8-17(28)29/h3-6,11,14,16H,1-2,7-10H2,(H,22,30)(H,25,27)(H,28,29)(H,31,32)(H2,23,24,33)/t14-,16-/m0/s1. The van der Waals surface area contributed by atoms with Gasteiger partial charge in [-0.15, -0.1) is 0 Å².